The molecule has 1 aliphatic rings. The van der Waals surface area contributed by atoms with E-state index in [2.05, 4.69) is 22.0 Å². The Hall–Kier alpha value is -1.77. The molecule has 0 spiro atoms. The van der Waals surface area contributed by atoms with E-state index in [4.69, 9.17) is 10.3 Å². The van der Waals surface area contributed by atoms with Crippen molar-refractivity contribution in [3.63, 3.8) is 0 Å². The number of rotatable bonds is 6. The number of carbonyl (C=O) groups is 1. The molecule has 2 unspecified atom stereocenters. The van der Waals surface area contributed by atoms with Gasteiger partial charge in [0.1, 0.15) is 0 Å². The average molecular weight is 363 g/mol. The number of amides is 1. The van der Waals surface area contributed by atoms with Gasteiger partial charge in [-0.2, -0.15) is 4.98 Å². The minimum absolute atomic E-state index is 0.0618. The van der Waals surface area contributed by atoms with Crippen LogP contribution in [0.15, 0.2) is 22.0 Å². The van der Waals surface area contributed by atoms with Gasteiger partial charge in [-0.05, 0) is 17.4 Å². The molecule has 3 rings (SSSR count). The Morgan fingerprint density at radius 2 is 2.16 bits per heavy atom. The van der Waals surface area contributed by atoms with Crippen LogP contribution in [0.5, 0.6) is 0 Å². The van der Waals surface area contributed by atoms with E-state index in [0.717, 1.165) is 24.4 Å². The smallest absolute Gasteiger partial charge is 0.241 e. The van der Waals surface area contributed by atoms with Gasteiger partial charge >= 0.3 is 0 Å². The highest BCUT2D eigenvalue weighted by atomic mass is 32.1. The van der Waals surface area contributed by atoms with Crippen molar-refractivity contribution in [2.75, 3.05) is 26.2 Å². The summed E-state index contributed by atoms with van der Waals surface area (Å²) < 4.78 is 5.35. The van der Waals surface area contributed by atoms with Crippen LogP contribution in [0.1, 0.15) is 26.2 Å². The summed E-state index contributed by atoms with van der Waals surface area (Å²) in [7, 11) is 0. The summed E-state index contributed by atoms with van der Waals surface area (Å²) in [6, 6.07) is 3.54. The number of nitrogens with zero attached hydrogens (tertiary/aromatic N) is 4. The first-order chi connectivity index (χ1) is 12.1. The van der Waals surface area contributed by atoms with E-state index in [1.807, 2.05) is 29.3 Å². The van der Waals surface area contributed by atoms with Crippen molar-refractivity contribution in [2.24, 2.45) is 11.7 Å². The Morgan fingerprint density at radius 1 is 1.40 bits per heavy atom. The largest absolute Gasteiger partial charge is 0.339 e. The second kappa shape index (κ2) is 8.07. The molecule has 1 saturated heterocycles. The number of piperazine rings is 1. The standard InChI is InChI=1S/C17H25N5O2S/c1-3-12(2)15(18)17(23)22-8-6-21(7-9-22)11-14-19-16(20-24-14)13-5-4-10-25-13/h4-5,10,12,15H,3,6-9,11,18H2,1-2H3. The van der Waals surface area contributed by atoms with Crippen molar-refractivity contribution in [1.29, 1.82) is 0 Å². The topological polar surface area (TPSA) is 88.5 Å². The third-order valence-corrected chi connectivity index (χ3v) is 5.66. The predicted molar refractivity (Wildman–Crippen MR) is 96.9 cm³/mol. The molecule has 0 bridgehead atoms. The zero-order chi connectivity index (χ0) is 17.8. The zero-order valence-corrected chi connectivity index (χ0v) is 15.5. The maximum atomic E-state index is 12.4. The van der Waals surface area contributed by atoms with Gasteiger partial charge in [0.05, 0.1) is 17.5 Å². The van der Waals surface area contributed by atoms with Gasteiger partial charge in [0, 0.05) is 26.2 Å². The van der Waals surface area contributed by atoms with Gasteiger partial charge in [0.2, 0.25) is 17.6 Å². The van der Waals surface area contributed by atoms with E-state index >= 15 is 0 Å². The fourth-order valence-corrected chi connectivity index (χ4v) is 3.50. The molecule has 2 aromatic rings. The van der Waals surface area contributed by atoms with E-state index in [1.165, 1.54) is 0 Å². The van der Waals surface area contributed by atoms with Gasteiger partial charge in [-0.1, -0.05) is 31.5 Å². The molecule has 0 aliphatic carbocycles. The Kier molecular flexibility index (Phi) is 5.82. The van der Waals surface area contributed by atoms with Crippen LogP contribution in [0.2, 0.25) is 0 Å². The minimum Gasteiger partial charge on any atom is -0.339 e. The van der Waals surface area contributed by atoms with Crippen molar-refractivity contribution in [3.8, 4) is 10.7 Å². The van der Waals surface area contributed by atoms with Crippen molar-refractivity contribution >= 4 is 17.2 Å². The lowest BCUT2D eigenvalue weighted by atomic mass is 9.98. The number of carbonyl (C=O) groups excluding carboxylic acids is 1. The predicted octanol–water partition coefficient (Wildman–Crippen LogP) is 1.82. The minimum atomic E-state index is -0.402. The molecule has 3 heterocycles. The number of thiophene rings is 1. The lowest BCUT2D eigenvalue weighted by Gasteiger charge is -2.36. The first-order valence-electron chi connectivity index (χ1n) is 8.71. The first-order valence-corrected chi connectivity index (χ1v) is 9.59. The molecule has 0 aromatic carbocycles. The van der Waals surface area contributed by atoms with Gasteiger partial charge in [-0.15, -0.1) is 11.3 Å². The quantitative estimate of drug-likeness (QED) is 0.842. The summed E-state index contributed by atoms with van der Waals surface area (Å²) in [6.45, 7) is 7.65. The van der Waals surface area contributed by atoms with Crippen LogP contribution in [0, 0.1) is 5.92 Å². The maximum Gasteiger partial charge on any atom is 0.241 e. The molecule has 8 heteroatoms. The molecular weight excluding hydrogens is 338 g/mol. The highest BCUT2D eigenvalue weighted by Gasteiger charge is 2.28. The first kappa shape index (κ1) is 18.0. The summed E-state index contributed by atoms with van der Waals surface area (Å²) in [6.07, 6.45) is 0.913. The third-order valence-electron chi connectivity index (χ3n) is 4.79. The Balaban J connectivity index is 1.50. The van der Waals surface area contributed by atoms with Gasteiger partial charge in [-0.25, -0.2) is 0 Å². The SMILES string of the molecule is CCC(C)C(N)C(=O)N1CCN(Cc2nc(-c3cccs3)no2)CC1. The normalized spacial score (nSPS) is 18.3. The third kappa shape index (κ3) is 4.26. The Labute approximate surface area is 151 Å². The van der Waals surface area contributed by atoms with Crippen molar-refractivity contribution in [3.05, 3.63) is 23.4 Å². The molecule has 25 heavy (non-hydrogen) atoms. The van der Waals surface area contributed by atoms with Gasteiger partial charge in [-0.3, -0.25) is 9.69 Å². The van der Waals surface area contributed by atoms with Crippen LogP contribution >= 0.6 is 11.3 Å². The Morgan fingerprint density at radius 3 is 2.80 bits per heavy atom. The average Bonchev–Trinajstić information content (AvgIpc) is 3.32. The van der Waals surface area contributed by atoms with E-state index in [1.54, 1.807) is 11.3 Å². The molecule has 136 valence electrons. The van der Waals surface area contributed by atoms with Crippen LogP contribution in [-0.4, -0.2) is 58.1 Å². The number of hydrogen-bond acceptors (Lipinski definition) is 7. The number of hydrogen-bond donors (Lipinski definition) is 1. The van der Waals surface area contributed by atoms with Crippen molar-refractivity contribution < 1.29 is 9.32 Å². The monoisotopic (exact) mass is 363 g/mol. The summed E-state index contributed by atoms with van der Waals surface area (Å²) in [5.41, 5.74) is 6.07. The molecule has 2 aromatic heterocycles. The summed E-state index contributed by atoms with van der Waals surface area (Å²) >= 11 is 1.59. The molecule has 0 radical (unpaired) electrons. The van der Waals surface area contributed by atoms with Crippen LogP contribution in [0.3, 0.4) is 0 Å². The van der Waals surface area contributed by atoms with E-state index in [9.17, 15) is 4.79 Å². The highest BCUT2D eigenvalue weighted by molar-refractivity contribution is 7.13. The lowest BCUT2D eigenvalue weighted by molar-refractivity contribution is -0.135. The van der Waals surface area contributed by atoms with Crippen LogP contribution < -0.4 is 5.73 Å². The molecule has 2 atom stereocenters. The fraction of sp³-hybridized carbons (Fsp3) is 0.588. The van der Waals surface area contributed by atoms with Gasteiger partial charge in [0.15, 0.2) is 0 Å². The molecular formula is C17H25N5O2S. The lowest BCUT2D eigenvalue weighted by Crippen LogP contribution is -2.54. The number of aromatic nitrogens is 2. The van der Waals surface area contributed by atoms with E-state index in [-0.39, 0.29) is 11.8 Å². The molecule has 0 saturated carbocycles. The van der Waals surface area contributed by atoms with E-state index in [0.29, 0.717) is 31.3 Å². The number of nitrogens with two attached hydrogens (primary N) is 1. The van der Waals surface area contributed by atoms with Crippen LogP contribution in [0.25, 0.3) is 10.7 Å². The molecule has 1 fully saturated rings. The fourth-order valence-electron chi connectivity index (χ4n) is 2.85. The maximum absolute atomic E-state index is 12.4. The Bertz CT molecular complexity index is 679. The second-order valence-electron chi connectivity index (χ2n) is 6.50. The van der Waals surface area contributed by atoms with Crippen molar-refractivity contribution in [1.82, 2.24) is 19.9 Å². The van der Waals surface area contributed by atoms with Crippen LogP contribution in [0.4, 0.5) is 0 Å². The van der Waals surface area contributed by atoms with Gasteiger partial charge < -0.3 is 15.2 Å². The zero-order valence-electron chi connectivity index (χ0n) is 14.7. The molecule has 7 nitrogen and oxygen atoms in total. The van der Waals surface area contributed by atoms with Crippen molar-refractivity contribution in [2.45, 2.75) is 32.9 Å². The summed E-state index contributed by atoms with van der Waals surface area (Å²) in [4.78, 5) is 22.0. The highest BCUT2D eigenvalue weighted by Crippen LogP contribution is 2.21. The molecule has 1 aliphatic heterocycles. The summed E-state index contributed by atoms with van der Waals surface area (Å²) in [5, 5.41) is 6.03. The van der Waals surface area contributed by atoms with Crippen LogP contribution in [-0.2, 0) is 11.3 Å². The summed E-state index contributed by atoms with van der Waals surface area (Å²) in [5.74, 6) is 1.52. The van der Waals surface area contributed by atoms with Gasteiger partial charge in [0.25, 0.3) is 0 Å². The molecule has 2 N–H and O–H groups in total. The van der Waals surface area contributed by atoms with E-state index < -0.39 is 6.04 Å². The second-order valence-corrected chi connectivity index (χ2v) is 7.45. The molecule has 1 amide bonds.